The number of carbonyl (C=O) groups is 1. The second-order valence-electron chi connectivity index (χ2n) is 4.67. The number of rotatable bonds is 0. The number of hydrogen-bond donors (Lipinski definition) is 1. The summed E-state index contributed by atoms with van der Waals surface area (Å²) in [5, 5.41) is 0. The minimum Gasteiger partial charge on any atom is -0.401 e. The third-order valence-electron chi connectivity index (χ3n) is 3.73. The van der Waals surface area contributed by atoms with Crippen molar-refractivity contribution in [3.8, 4) is 0 Å². The summed E-state index contributed by atoms with van der Waals surface area (Å²) in [6.45, 7) is 0. The summed E-state index contributed by atoms with van der Waals surface area (Å²) in [6.07, 6.45) is 3.83. The number of benzene rings is 1. The lowest BCUT2D eigenvalue weighted by atomic mass is 9.70. The molecule has 0 radical (unpaired) electrons. The predicted octanol–water partition coefficient (Wildman–Crippen LogP) is 2.31. The maximum absolute atomic E-state index is 12.6. The first-order chi connectivity index (χ1) is 8.77. The van der Waals surface area contributed by atoms with Crippen molar-refractivity contribution in [2.24, 2.45) is 22.0 Å². The van der Waals surface area contributed by atoms with Gasteiger partial charge in [-0.25, -0.2) is 4.40 Å². The standard InChI is InChI=1S/C14H10N2OS/c15-9-5-6-10-12-11(9)14(17)8-4-2-1-3-7(8)13(12)16-18-10/h1-6,11-12H,15H2. The van der Waals surface area contributed by atoms with Crippen molar-refractivity contribution in [3.63, 3.8) is 0 Å². The van der Waals surface area contributed by atoms with E-state index >= 15 is 0 Å². The first-order valence-electron chi connectivity index (χ1n) is 5.83. The van der Waals surface area contributed by atoms with E-state index in [0.717, 1.165) is 21.7 Å². The van der Waals surface area contributed by atoms with Crippen molar-refractivity contribution < 1.29 is 4.79 Å². The Morgan fingerprint density at radius 3 is 2.72 bits per heavy atom. The van der Waals surface area contributed by atoms with Crippen LogP contribution in [0.3, 0.4) is 0 Å². The van der Waals surface area contributed by atoms with Gasteiger partial charge in [0.15, 0.2) is 5.78 Å². The second kappa shape index (κ2) is 3.36. The van der Waals surface area contributed by atoms with Gasteiger partial charge in [0, 0.05) is 33.7 Å². The van der Waals surface area contributed by atoms with Gasteiger partial charge in [-0.2, -0.15) is 0 Å². The van der Waals surface area contributed by atoms with E-state index in [1.54, 1.807) is 0 Å². The summed E-state index contributed by atoms with van der Waals surface area (Å²) in [7, 11) is 0. The van der Waals surface area contributed by atoms with E-state index < -0.39 is 0 Å². The number of fused-ring (bicyclic) bond motifs is 2. The molecule has 2 aliphatic carbocycles. The zero-order chi connectivity index (χ0) is 12.3. The number of hydrogen-bond acceptors (Lipinski definition) is 4. The van der Waals surface area contributed by atoms with Crippen LogP contribution < -0.4 is 5.73 Å². The van der Waals surface area contributed by atoms with Crippen LogP contribution in [0.25, 0.3) is 0 Å². The normalized spacial score (nSPS) is 28.0. The molecule has 1 aromatic carbocycles. The summed E-state index contributed by atoms with van der Waals surface area (Å²) in [5.74, 6) is -0.0903. The van der Waals surface area contributed by atoms with Gasteiger partial charge in [0.05, 0.1) is 17.5 Å². The van der Waals surface area contributed by atoms with Gasteiger partial charge >= 0.3 is 0 Å². The van der Waals surface area contributed by atoms with E-state index in [1.165, 1.54) is 11.9 Å². The van der Waals surface area contributed by atoms with Crippen LogP contribution in [-0.2, 0) is 0 Å². The Morgan fingerprint density at radius 1 is 1.11 bits per heavy atom. The lowest BCUT2D eigenvalue weighted by molar-refractivity contribution is 0.0922. The minimum absolute atomic E-state index is 0.0439. The number of nitrogens with zero attached hydrogens (tertiary/aromatic N) is 1. The molecule has 4 rings (SSSR count). The summed E-state index contributed by atoms with van der Waals surface area (Å²) < 4.78 is 4.53. The van der Waals surface area contributed by atoms with Gasteiger partial charge in [-0.15, -0.1) is 0 Å². The molecule has 3 aliphatic rings. The van der Waals surface area contributed by atoms with Gasteiger partial charge in [0.1, 0.15) is 0 Å². The van der Waals surface area contributed by atoms with E-state index in [-0.39, 0.29) is 17.6 Å². The van der Waals surface area contributed by atoms with Crippen molar-refractivity contribution in [1.29, 1.82) is 0 Å². The van der Waals surface area contributed by atoms with Crippen LogP contribution in [0.1, 0.15) is 15.9 Å². The van der Waals surface area contributed by atoms with Crippen LogP contribution in [-0.4, -0.2) is 11.5 Å². The highest BCUT2D eigenvalue weighted by atomic mass is 32.2. The van der Waals surface area contributed by atoms with Crippen LogP contribution in [0, 0.1) is 11.8 Å². The maximum Gasteiger partial charge on any atom is 0.173 e. The van der Waals surface area contributed by atoms with Crippen molar-refractivity contribution in [3.05, 3.63) is 58.1 Å². The van der Waals surface area contributed by atoms with Gasteiger partial charge in [0.25, 0.3) is 0 Å². The van der Waals surface area contributed by atoms with E-state index in [2.05, 4.69) is 4.40 Å². The lowest BCUT2D eigenvalue weighted by Gasteiger charge is -2.32. The Balaban J connectivity index is 2.02. The Morgan fingerprint density at radius 2 is 1.89 bits per heavy atom. The van der Waals surface area contributed by atoms with Crippen molar-refractivity contribution >= 4 is 23.4 Å². The third-order valence-corrected chi connectivity index (χ3v) is 4.62. The molecule has 0 amide bonds. The molecule has 3 nitrogen and oxygen atoms in total. The number of allylic oxidation sites excluding steroid dienone is 4. The molecule has 88 valence electrons. The van der Waals surface area contributed by atoms with Gasteiger partial charge < -0.3 is 5.73 Å². The lowest BCUT2D eigenvalue weighted by Crippen LogP contribution is -2.39. The fourth-order valence-corrected chi connectivity index (χ4v) is 3.80. The monoisotopic (exact) mass is 254 g/mol. The molecule has 0 aromatic heterocycles. The molecule has 0 saturated carbocycles. The first kappa shape index (κ1) is 10.1. The molecular formula is C14H10N2OS. The molecule has 0 spiro atoms. The van der Waals surface area contributed by atoms with Crippen molar-refractivity contribution in [1.82, 2.24) is 0 Å². The van der Waals surface area contributed by atoms with E-state index in [0.29, 0.717) is 5.70 Å². The second-order valence-corrected chi connectivity index (χ2v) is 5.51. The molecule has 1 heterocycles. The molecule has 0 saturated heterocycles. The summed E-state index contributed by atoms with van der Waals surface area (Å²) in [5.41, 5.74) is 9.39. The minimum atomic E-state index is -0.256. The Kier molecular flexibility index (Phi) is 1.89. The number of ketones is 1. The molecule has 2 unspecified atom stereocenters. The van der Waals surface area contributed by atoms with Crippen LogP contribution in [0.4, 0.5) is 0 Å². The van der Waals surface area contributed by atoms with Gasteiger partial charge in [0.2, 0.25) is 0 Å². The molecule has 0 fully saturated rings. The summed E-state index contributed by atoms with van der Waals surface area (Å²) in [6, 6.07) is 7.67. The van der Waals surface area contributed by atoms with Gasteiger partial charge in [-0.1, -0.05) is 24.3 Å². The molecule has 2 N–H and O–H groups in total. The molecule has 2 atom stereocenters. The Bertz CT molecular complexity index is 672. The molecule has 1 aliphatic heterocycles. The molecule has 4 heteroatoms. The average Bonchev–Trinajstić information content (AvgIpc) is 2.82. The first-order valence-corrected chi connectivity index (χ1v) is 6.60. The zero-order valence-electron chi connectivity index (χ0n) is 9.46. The molecule has 1 aromatic rings. The number of nitrogens with two attached hydrogens (primary N) is 1. The topological polar surface area (TPSA) is 55.4 Å². The van der Waals surface area contributed by atoms with E-state index in [4.69, 9.17) is 5.73 Å². The average molecular weight is 254 g/mol. The zero-order valence-corrected chi connectivity index (χ0v) is 10.3. The summed E-state index contributed by atoms with van der Waals surface area (Å²) in [4.78, 5) is 13.7. The number of carbonyl (C=O) groups excluding carboxylic acids is 1. The van der Waals surface area contributed by atoms with E-state index in [1.807, 2.05) is 36.4 Å². The highest BCUT2D eigenvalue weighted by Gasteiger charge is 2.46. The molecular weight excluding hydrogens is 244 g/mol. The molecule has 18 heavy (non-hydrogen) atoms. The van der Waals surface area contributed by atoms with Crippen molar-refractivity contribution in [2.75, 3.05) is 0 Å². The largest absolute Gasteiger partial charge is 0.401 e. The fourth-order valence-electron chi connectivity index (χ4n) is 2.89. The highest BCUT2D eigenvalue weighted by molar-refractivity contribution is 8.02. The Labute approximate surface area is 109 Å². The smallest absolute Gasteiger partial charge is 0.173 e. The fraction of sp³-hybridized carbons (Fsp3) is 0.143. The van der Waals surface area contributed by atoms with Crippen LogP contribution in [0.2, 0.25) is 0 Å². The third kappa shape index (κ3) is 1.11. The Hall–Kier alpha value is -1.81. The highest BCUT2D eigenvalue weighted by Crippen LogP contribution is 2.48. The van der Waals surface area contributed by atoms with Gasteiger partial charge in [-0.05, 0) is 12.2 Å². The van der Waals surface area contributed by atoms with Crippen LogP contribution >= 0.6 is 11.9 Å². The van der Waals surface area contributed by atoms with Gasteiger partial charge in [-0.3, -0.25) is 4.79 Å². The predicted molar refractivity (Wildman–Crippen MR) is 72.2 cm³/mol. The van der Waals surface area contributed by atoms with Crippen molar-refractivity contribution in [2.45, 2.75) is 0 Å². The molecule has 0 bridgehead atoms. The van der Waals surface area contributed by atoms with Crippen LogP contribution in [0.15, 0.2) is 51.4 Å². The number of Topliss-reactive ketones (excluding diaryl/α,β-unsaturated/α-hetero) is 1. The van der Waals surface area contributed by atoms with Crippen LogP contribution in [0.5, 0.6) is 0 Å². The maximum atomic E-state index is 12.6. The summed E-state index contributed by atoms with van der Waals surface area (Å²) >= 11 is 1.47. The van der Waals surface area contributed by atoms with E-state index in [9.17, 15) is 4.79 Å². The quantitative estimate of drug-likeness (QED) is 0.723. The SMILES string of the molecule is NC1=CC=C2SN=C3c4ccccc4C(=O)C1C23.